The first kappa shape index (κ1) is 17.7. The van der Waals surface area contributed by atoms with Crippen molar-refractivity contribution in [2.75, 3.05) is 6.54 Å². The number of benzene rings is 1. The maximum absolute atomic E-state index is 13.3. The summed E-state index contributed by atoms with van der Waals surface area (Å²) >= 11 is 0. The van der Waals surface area contributed by atoms with E-state index in [9.17, 15) is 4.79 Å². The summed E-state index contributed by atoms with van der Waals surface area (Å²) in [5.41, 5.74) is 2.29. The molecule has 1 aliphatic rings. The Kier molecular flexibility index (Phi) is 5.42. The van der Waals surface area contributed by atoms with Crippen molar-refractivity contribution in [3.05, 3.63) is 72.2 Å². The Morgan fingerprint density at radius 3 is 2.59 bits per heavy atom. The lowest BCUT2D eigenvalue weighted by molar-refractivity contribution is 0.0691. The number of rotatable bonds is 5. The average molecular weight is 359 g/mol. The molecule has 0 radical (unpaired) electrons. The van der Waals surface area contributed by atoms with Crippen LogP contribution in [-0.2, 0) is 6.54 Å². The summed E-state index contributed by atoms with van der Waals surface area (Å²) in [6.45, 7) is 1.31. The third-order valence-corrected chi connectivity index (χ3v) is 5.39. The molecule has 4 nitrogen and oxygen atoms in total. The van der Waals surface area contributed by atoms with Gasteiger partial charge >= 0.3 is 0 Å². The van der Waals surface area contributed by atoms with E-state index in [4.69, 9.17) is 0 Å². The molecule has 0 saturated heterocycles. The highest BCUT2D eigenvalue weighted by molar-refractivity contribution is 5.94. The molecule has 2 heterocycles. The Morgan fingerprint density at radius 2 is 1.78 bits per heavy atom. The molecule has 1 aliphatic carbocycles. The van der Waals surface area contributed by atoms with Crippen LogP contribution in [0, 0.1) is 5.92 Å². The zero-order valence-electron chi connectivity index (χ0n) is 15.6. The van der Waals surface area contributed by atoms with Gasteiger partial charge in [0.05, 0.1) is 17.8 Å². The fourth-order valence-corrected chi connectivity index (χ4v) is 3.93. The van der Waals surface area contributed by atoms with E-state index in [1.54, 1.807) is 6.20 Å². The number of aromatic nitrogens is 2. The van der Waals surface area contributed by atoms with Crippen LogP contribution >= 0.6 is 0 Å². The summed E-state index contributed by atoms with van der Waals surface area (Å²) in [5.74, 6) is 0.573. The minimum atomic E-state index is -0.00280. The van der Waals surface area contributed by atoms with Gasteiger partial charge in [-0.2, -0.15) is 0 Å². The number of amides is 1. The van der Waals surface area contributed by atoms with Gasteiger partial charge in [0, 0.05) is 18.1 Å². The van der Waals surface area contributed by atoms with Gasteiger partial charge in [-0.05, 0) is 43.0 Å². The van der Waals surface area contributed by atoms with Crippen LogP contribution in [0.2, 0.25) is 0 Å². The third kappa shape index (κ3) is 4.33. The minimum absolute atomic E-state index is 0.00280. The van der Waals surface area contributed by atoms with E-state index in [0.717, 1.165) is 23.1 Å². The molecule has 0 atom stereocenters. The first-order valence-corrected chi connectivity index (χ1v) is 9.84. The molecule has 27 heavy (non-hydrogen) atoms. The molecule has 1 fully saturated rings. The van der Waals surface area contributed by atoms with Crippen LogP contribution in [0.5, 0.6) is 0 Å². The standard InChI is InChI=1S/C23H25N3O/c27-23(22-14-13-19-10-4-5-12-21(19)25-22)26(16-18-8-2-1-3-9-18)17-20-11-6-7-15-24-20/h4-7,10-15,18H,1-3,8-9,16-17H2. The Balaban J connectivity index is 1.59. The van der Waals surface area contributed by atoms with Gasteiger partial charge in [0.1, 0.15) is 5.69 Å². The van der Waals surface area contributed by atoms with Crippen LogP contribution in [-0.4, -0.2) is 27.3 Å². The van der Waals surface area contributed by atoms with Crippen LogP contribution in [0.1, 0.15) is 48.3 Å². The van der Waals surface area contributed by atoms with Crippen molar-refractivity contribution < 1.29 is 4.79 Å². The van der Waals surface area contributed by atoms with Crippen molar-refractivity contribution in [3.8, 4) is 0 Å². The maximum atomic E-state index is 13.3. The highest BCUT2D eigenvalue weighted by Gasteiger charge is 2.23. The van der Waals surface area contributed by atoms with E-state index in [2.05, 4.69) is 9.97 Å². The molecule has 1 saturated carbocycles. The van der Waals surface area contributed by atoms with Crippen LogP contribution in [0.15, 0.2) is 60.8 Å². The predicted octanol–water partition coefficient (Wildman–Crippen LogP) is 4.85. The van der Waals surface area contributed by atoms with Gasteiger partial charge in [-0.25, -0.2) is 4.98 Å². The van der Waals surface area contributed by atoms with Crippen LogP contribution in [0.3, 0.4) is 0 Å². The predicted molar refractivity (Wildman–Crippen MR) is 107 cm³/mol. The van der Waals surface area contributed by atoms with E-state index >= 15 is 0 Å². The molecule has 3 aromatic rings. The monoisotopic (exact) mass is 359 g/mol. The first-order chi connectivity index (χ1) is 13.3. The van der Waals surface area contributed by atoms with Gasteiger partial charge in [0.15, 0.2) is 0 Å². The maximum Gasteiger partial charge on any atom is 0.272 e. The molecule has 0 bridgehead atoms. The molecule has 0 N–H and O–H groups in total. The van der Waals surface area contributed by atoms with Crippen LogP contribution in [0.4, 0.5) is 0 Å². The molecule has 0 unspecified atom stereocenters. The van der Waals surface area contributed by atoms with Crippen molar-refractivity contribution in [1.82, 2.24) is 14.9 Å². The van der Waals surface area contributed by atoms with Crippen molar-refractivity contribution in [3.63, 3.8) is 0 Å². The van der Waals surface area contributed by atoms with E-state index in [0.29, 0.717) is 18.2 Å². The molecule has 4 heteroatoms. The zero-order chi connectivity index (χ0) is 18.5. The Labute approximate surface area is 160 Å². The molecule has 2 aromatic heterocycles. The number of nitrogens with zero attached hydrogens (tertiary/aromatic N) is 3. The largest absolute Gasteiger partial charge is 0.331 e. The number of fused-ring (bicyclic) bond motifs is 1. The third-order valence-electron chi connectivity index (χ3n) is 5.39. The first-order valence-electron chi connectivity index (χ1n) is 9.84. The number of para-hydroxylation sites is 1. The average Bonchev–Trinajstić information content (AvgIpc) is 2.74. The normalized spacial score (nSPS) is 15.0. The van der Waals surface area contributed by atoms with Gasteiger partial charge < -0.3 is 4.90 Å². The van der Waals surface area contributed by atoms with Gasteiger partial charge in [-0.1, -0.05) is 49.6 Å². The summed E-state index contributed by atoms with van der Waals surface area (Å²) in [4.78, 5) is 24.3. The van der Waals surface area contributed by atoms with Crippen LogP contribution < -0.4 is 0 Å². The molecule has 0 spiro atoms. The summed E-state index contributed by atoms with van der Waals surface area (Å²) < 4.78 is 0. The molecule has 1 amide bonds. The molecular formula is C23H25N3O. The fraction of sp³-hybridized carbons (Fsp3) is 0.348. The molecule has 138 valence electrons. The second-order valence-electron chi connectivity index (χ2n) is 7.40. The number of hydrogen-bond donors (Lipinski definition) is 0. The highest BCUT2D eigenvalue weighted by Crippen LogP contribution is 2.25. The number of hydrogen-bond acceptors (Lipinski definition) is 3. The Morgan fingerprint density at radius 1 is 0.963 bits per heavy atom. The molecule has 4 rings (SSSR count). The number of carbonyl (C=O) groups is 1. The highest BCUT2D eigenvalue weighted by atomic mass is 16.2. The second kappa shape index (κ2) is 8.30. The fourth-order valence-electron chi connectivity index (χ4n) is 3.93. The molecular weight excluding hydrogens is 334 g/mol. The topological polar surface area (TPSA) is 46.1 Å². The summed E-state index contributed by atoms with van der Waals surface area (Å²) in [6.07, 6.45) is 8.05. The van der Waals surface area contributed by atoms with Crippen molar-refractivity contribution >= 4 is 16.8 Å². The number of carbonyl (C=O) groups excluding carboxylic acids is 1. The zero-order valence-corrected chi connectivity index (χ0v) is 15.6. The summed E-state index contributed by atoms with van der Waals surface area (Å²) in [5, 5.41) is 1.05. The Hall–Kier alpha value is -2.75. The van der Waals surface area contributed by atoms with Crippen molar-refractivity contribution in [2.45, 2.75) is 38.6 Å². The van der Waals surface area contributed by atoms with E-state index in [1.807, 2.05) is 59.5 Å². The van der Waals surface area contributed by atoms with Gasteiger partial charge in [-0.3, -0.25) is 9.78 Å². The molecule has 0 aliphatic heterocycles. The quantitative estimate of drug-likeness (QED) is 0.654. The Bertz CT molecular complexity index is 904. The van der Waals surface area contributed by atoms with Crippen molar-refractivity contribution in [2.24, 2.45) is 5.92 Å². The second-order valence-corrected chi connectivity index (χ2v) is 7.40. The summed E-state index contributed by atoms with van der Waals surface area (Å²) in [7, 11) is 0. The minimum Gasteiger partial charge on any atom is -0.331 e. The number of pyridine rings is 2. The van der Waals surface area contributed by atoms with Crippen LogP contribution in [0.25, 0.3) is 10.9 Å². The lowest BCUT2D eigenvalue weighted by Gasteiger charge is -2.29. The summed E-state index contributed by atoms with van der Waals surface area (Å²) in [6, 6.07) is 17.6. The van der Waals surface area contributed by atoms with E-state index in [-0.39, 0.29) is 5.91 Å². The van der Waals surface area contributed by atoms with Crippen molar-refractivity contribution in [1.29, 1.82) is 0 Å². The molecule has 1 aromatic carbocycles. The van der Waals surface area contributed by atoms with E-state index < -0.39 is 0 Å². The SMILES string of the molecule is O=C(c1ccc2ccccc2n1)N(Cc1ccccn1)CC1CCCCC1. The van der Waals surface area contributed by atoms with Gasteiger partial charge in [0.25, 0.3) is 5.91 Å². The smallest absolute Gasteiger partial charge is 0.272 e. The van der Waals surface area contributed by atoms with Gasteiger partial charge in [0.2, 0.25) is 0 Å². The lowest BCUT2D eigenvalue weighted by atomic mass is 9.89. The van der Waals surface area contributed by atoms with Gasteiger partial charge in [-0.15, -0.1) is 0 Å². The van der Waals surface area contributed by atoms with E-state index in [1.165, 1.54) is 32.1 Å². The lowest BCUT2D eigenvalue weighted by Crippen LogP contribution is -2.36.